The van der Waals surface area contributed by atoms with Crippen molar-refractivity contribution in [1.82, 2.24) is 19.7 Å². The van der Waals surface area contributed by atoms with Crippen LogP contribution in [0.3, 0.4) is 0 Å². The number of aryl methyl sites for hydroxylation is 1. The molecule has 0 N–H and O–H groups in total. The van der Waals surface area contributed by atoms with Crippen LogP contribution in [0.2, 0.25) is 5.15 Å². The number of fused-ring (bicyclic) bond motifs is 1. The normalized spacial score (nSPS) is 11.1. The summed E-state index contributed by atoms with van der Waals surface area (Å²) < 4.78 is 1.79. The van der Waals surface area contributed by atoms with E-state index in [2.05, 4.69) is 34.1 Å². The van der Waals surface area contributed by atoms with Gasteiger partial charge in [-0.15, -0.1) is 0 Å². The number of rotatable bonds is 3. The minimum absolute atomic E-state index is 0.431. The van der Waals surface area contributed by atoms with Gasteiger partial charge in [0.15, 0.2) is 5.65 Å². The van der Waals surface area contributed by atoms with Gasteiger partial charge in [0, 0.05) is 0 Å². The lowest BCUT2D eigenvalue weighted by molar-refractivity contribution is 0.880. The second-order valence-corrected chi connectivity index (χ2v) is 4.74. The molecule has 0 fully saturated rings. The van der Waals surface area contributed by atoms with E-state index >= 15 is 0 Å². The van der Waals surface area contributed by atoms with Crippen molar-refractivity contribution in [2.75, 3.05) is 0 Å². The second kappa shape index (κ2) is 4.97. The summed E-state index contributed by atoms with van der Waals surface area (Å²) in [6, 6.07) is 8.31. The molecule has 0 aliphatic heterocycles. The van der Waals surface area contributed by atoms with Gasteiger partial charge in [-0.05, 0) is 24.1 Å². The van der Waals surface area contributed by atoms with E-state index in [-0.39, 0.29) is 0 Å². The third-order valence-electron chi connectivity index (χ3n) is 3.01. The van der Waals surface area contributed by atoms with E-state index in [1.54, 1.807) is 10.9 Å². The minimum Gasteiger partial charge on any atom is -0.224 e. The summed E-state index contributed by atoms with van der Waals surface area (Å²) in [5.74, 6) is 0. The number of hydrogen-bond acceptors (Lipinski definition) is 3. The molecule has 2 heterocycles. The average molecular weight is 273 g/mol. The quantitative estimate of drug-likeness (QED) is 0.686. The topological polar surface area (TPSA) is 43.6 Å². The van der Waals surface area contributed by atoms with Crippen LogP contribution in [0.15, 0.2) is 36.8 Å². The third kappa shape index (κ3) is 2.19. The van der Waals surface area contributed by atoms with Crippen LogP contribution in [0.4, 0.5) is 0 Å². The van der Waals surface area contributed by atoms with Crippen molar-refractivity contribution in [2.45, 2.75) is 19.8 Å². The predicted molar refractivity (Wildman–Crippen MR) is 75.7 cm³/mol. The molecule has 19 heavy (non-hydrogen) atoms. The lowest BCUT2D eigenvalue weighted by Gasteiger charge is -2.05. The van der Waals surface area contributed by atoms with Crippen molar-refractivity contribution < 1.29 is 0 Å². The van der Waals surface area contributed by atoms with Crippen molar-refractivity contribution in [1.29, 1.82) is 0 Å². The maximum Gasteiger partial charge on any atom is 0.167 e. The number of aromatic nitrogens is 4. The Morgan fingerprint density at radius 3 is 3.00 bits per heavy atom. The highest BCUT2D eigenvalue weighted by molar-refractivity contribution is 6.33. The molecule has 3 rings (SSSR count). The summed E-state index contributed by atoms with van der Waals surface area (Å²) in [6.07, 6.45) is 5.34. The van der Waals surface area contributed by atoms with Crippen molar-refractivity contribution in [3.63, 3.8) is 0 Å². The van der Waals surface area contributed by atoms with Gasteiger partial charge in [-0.3, -0.25) is 0 Å². The van der Waals surface area contributed by atoms with Crippen LogP contribution >= 0.6 is 11.6 Å². The van der Waals surface area contributed by atoms with Gasteiger partial charge in [-0.25, -0.2) is 14.6 Å². The number of nitrogens with zero attached hydrogens (tertiary/aromatic N) is 4. The van der Waals surface area contributed by atoms with Crippen molar-refractivity contribution in [3.8, 4) is 5.69 Å². The molecule has 0 radical (unpaired) electrons. The first-order valence-corrected chi connectivity index (χ1v) is 6.61. The maximum atomic E-state index is 6.03. The molecular weight excluding hydrogens is 260 g/mol. The fourth-order valence-corrected chi connectivity index (χ4v) is 2.31. The minimum atomic E-state index is 0.431. The Balaban J connectivity index is 2.14. The summed E-state index contributed by atoms with van der Waals surface area (Å²) in [5.41, 5.74) is 3.02. The first-order valence-electron chi connectivity index (χ1n) is 6.23. The highest BCUT2D eigenvalue weighted by atomic mass is 35.5. The highest BCUT2D eigenvalue weighted by Gasteiger charge is 2.09. The molecule has 3 aromatic rings. The number of halogens is 1. The summed E-state index contributed by atoms with van der Waals surface area (Å²) in [7, 11) is 0. The Morgan fingerprint density at radius 2 is 2.16 bits per heavy atom. The highest BCUT2D eigenvalue weighted by Crippen LogP contribution is 2.21. The van der Waals surface area contributed by atoms with Crippen LogP contribution in [0.1, 0.15) is 18.9 Å². The van der Waals surface area contributed by atoms with Crippen LogP contribution in [0, 0.1) is 0 Å². The van der Waals surface area contributed by atoms with Crippen LogP contribution in [0.5, 0.6) is 0 Å². The largest absolute Gasteiger partial charge is 0.224 e. The van der Waals surface area contributed by atoms with Gasteiger partial charge in [-0.1, -0.05) is 37.1 Å². The molecule has 0 bridgehead atoms. The van der Waals surface area contributed by atoms with E-state index < -0.39 is 0 Å². The predicted octanol–water partition coefficient (Wildman–Crippen LogP) is 3.42. The fourth-order valence-electron chi connectivity index (χ4n) is 2.14. The summed E-state index contributed by atoms with van der Waals surface area (Å²) in [4.78, 5) is 8.22. The molecule has 0 amide bonds. The molecule has 0 atom stereocenters. The molecule has 1 aromatic carbocycles. The van der Waals surface area contributed by atoms with E-state index in [1.807, 2.05) is 12.1 Å². The molecule has 96 valence electrons. The zero-order valence-corrected chi connectivity index (χ0v) is 11.3. The number of benzene rings is 1. The first kappa shape index (κ1) is 12.1. The number of hydrogen-bond donors (Lipinski definition) is 0. The summed E-state index contributed by atoms with van der Waals surface area (Å²) >= 11 is 6.03. The van der Waals surface area contributed by atoms with E-state index in [0.717, 1.165) is 29.6 Å². The smallest absolute Gasteiger partial charge is 0.167 e. The molecule has 0 spiro atoms. The van der Waals surface area contributed by atoms with Crippen LogP contribution in [-0.4, -0.2) is 19.7 Å². The van der Waals surface area contributed by atoms with Crippen molar-refractivity contribution >= 4 is 22.6 Å². The lowest BCUT2D eigenvalue weighted by Crippen LogP contribution is -1.98. The lowest BCUT2D eigenvalue weighted by atomic mass is 10.1. The van der Waals surface area contributed by atoms with E-state index in [0.29, 0.717) is 5.15 Å². The third-order valence-corrected chi connectivity index (χ3v) is 3.31. The molecule has 0 aliphatic carbocycles. The molecule has 0 saturated heterocycles. The van der Waals surface area contributed by atoms with E-state index in [4.69, 9.17) is 11.6 Å². The van der Waals surface area contributed by atoms with Gasteiger partial charge in [0.05, 0.1) is 17.3 Å². The van der Waals surface area contributed by atoms with Crippen molar-refractivity contribution in [3.05, 3.63) is 47.5 Å². The Morgan fingerprint density at radius 1 is 1.26 bits per heavy atom. The molecule has 5 heteroatoms. The first-order chi connectivity index (χ1) is 9.29. The van der Waals surface area contributed by atoms with Gasteiger partial charge in [-0.2, -0.15) is 5.10 Å². The van der Waals surface area contributed by atoms with Crippen LogP contribution in [0.25, 0.3) is 16.7 Å². The Labute approximate surface area is 116 Å². The van der Waals surface area contributed by atoms with Gasteiger partial charge < -0.3 is 0 Å². The molecule has 4 nitrogen and oxygen atoms in total. The summed E-state index contributed by atoms with van der Waals surface area (Å²) in [5, 5.41) is 5.56. The average Bonchev–Trinajstić information content (AvgIpc) is 2.85. The maximum absolute atomic E-state index is 6.03. The van der Waals surface area contributed by atoms with E-state index in [9.17, 15) is 0 Å². The van der Waals surface area contributed by atoms with Gasteiger partial charge >= 0.3 is 0 Å². The standard InChI is InChI=1S/C14H13ClN4/c1-2-4-10-5-3-6-11(7-10)19-14-12(8-18-19)13(15)16-9-17-14/h3,5-9H,2,4H2,1H3. The van der Waals surface area contributed by atoms with Crippen LogP contribution < -0.4 is 0 Å². The Hall–Kier alpha value is -1.94. The molecule has 0 unspecified atom stereocenters. The van der Waals surface area contributed by atoms with Crippen molar-refractivity contribution in [2.24, 2.45) is 0 Å². The summed E-state index contributed by atoms with van der Waals surface area (Å²) in [6.45, 7) is 2.17. The van der Waals surface area contributed by atoms with Gasteiger partial charge in [0.1, 0.15) is 11.5 Å². The SMILES string of the molecule is CCCc1cccc(-n2ncc3c(Cl)ncnc32)c1. The zero-order valence-electron chi connectivity index (χ0n) is 10.5. The molecule has 0 aliphatic rings. The second-order valence-electron chi connectivity index (χ2n) is 4.38. The fraction of sp³-hybridized carbons (Fsp3) is 0.214. The Kier molecular flexibility index (Phi) is 3.17. The molecular formula is C14H13ClN4. The van der Waals surface area contributed by atoms with Gasteiger partial charge in [0.2, 0.25) is 0 Å². The Bertz CT molecular complexity index is 720. The van der Waals surface area contributed by atoms with E-state index in [1.165, 1.54) is 11.9 Å². The zero-order chi connectivity index (χ0) is 13.2. The van der Waals surface area contributed by atoms with Crippen LogP contribution in [-0.2, 0) is 6.42 Å². The van der Waals surface area contributed by atoms with Gasteiger partial charge in [0.25, 0.3) is 0 Å². The molecule has 0 saturated carbocycles. The monoisotopic (exact) mass is 272 g/mol. The molecule has 2 aromatic heterocycles.